The van der Waals surface area contributed by atoms with Crippen molar-refractivity contribution in [2.45, 2.75) is 43.8 Å². The molecule has 2 fully saturated rings. The molecular weight excluding hydrogens is 527 g/mol. The SMILES string of the molecule is O=C(O)C(Cc1ccc(OCc2c(Cl)cccc2Cl)cc1)NC(=O)[C@@H]1OCO[C@H]1C(=O)N1CCC(O)C1. The largest absolute Gasteiger partial charge is 0.489 e. The first kappa shape index (κ1) is 27.2. The van der Waals surface area contributed by atoms with E-state index in [-0.39, 0.29) is 26.4 Å². The predicted octanol–water partition coefficient (Wildman–Crippen LogP) is 2.02. The number of aliphatic hydroxyl groups excluding tert-OH is 1. The zero-order valence-corrected chi connectivity index (χ0v) is 21.2. The van der Waals surface area contributed by atoms with Crippen LogP contribution in [-0.4, -0.2) is 77.1 Å². The maximum absolute atomic E-state index is 12.8. The van der Waals surface area contributed by atoms with Crippen LogP contribution in [0.1, 0.15) is 17.5 Å². The molecule has 0 saturated carbocycles. The van der Waals surface area contributed by atoms with Gasteiger partial charge in [0.25, 0.3) is 11.8 Å². The van der Waals surface area contributed by atoms with Crippen LogP contribution in [0.3, 0.4) is 0 Å². The van der Waals surface area contributed by atoms with E-state index in [9.17, 15) is 24.6 Å². The number of ether oxygens (including phenoxy) is 3. The summed E-state index contributed by atoms with van der Waals surface area (Å²) in [6.45, 7) is 0.377. The number of nitrogens with zero attached hydrogens (tertiary/aromatic N) is 1. The summed E-state index contributed by atoms with van der Waals surface area (Å²) in [7, 11) is 0. The number of amides is 2. The number of likely N-dealkylation sites (tertiary alicyclic amines) is 1. The molecule has 0 aliphatic carbocycles. The number of hydrogen-bond acceptors (Lipinski definition) is 7. The second kappa shape index (κ2) is 12.1. The van der Waals surface area contributed by atoms with Gasteiger partial charge in [-0.1, -0.05) is 41.4 Å². The monoisotopic (exact) mass is 552 g/mol. The number of carboxylic acid groups (broad SMARTS) is 1. The van der Waals surface area contributed by atoms with Crippen LogP contribution in [0.2, 0.25) is 10.0 Å². The van der Waals surface area contributed by atoms with E-state index in [0.29, 0.717) is 39.9 Å². The zero-order chi connectivity index (χ0) is 26.5. The number of carbonyl (C=O) groups is 3. The Morgan fingerprint density at radius 3 is 2.38 bits per heavy atom. The standard InChI is InChI=1S/C25H26Cl2N2O8/c26-18-2-1-3-19(27)17(18)12-35-16-6-4-14(5-7-16)10-20(25(33)34)28-23(31)21-22(37-13-36-21)24(32)29-9-8-15(30)11-29/h1-7,15,20-22,30H,8-13H2,(H,28,31)(H,33,34)/t15?,20?,21-,22-/m1/s1. The Kier molecular flexibility index (Phi) is 8.88. The molecule has 2 heterocycles. The number of carbonyl (C=O) groups excluding carboxylic acids is 2. The van der Waals surface area contributed by atoms with Crippen LogP contribution in [-0.2, 0) is 36.9 Å². The van der Waals surface area contributed by atoms with Gasteiger partial charge in [-0.2, -0.15) is 0 Å². The highest BCUT2D eigenvalue weighted by atomic mass is 35.5. The van der Waals surface area contributed by atoms with E-state index in [1.807, 2.05) is 0 Å². The molecule has 0 spiro atoms. The van der Waals surface area contributed by atoms with E-state index in [0.717, 1.165) is 0 Å². The van der Waals surface area contributed by atoms with E-state index in [4.69, 9.17) is 37.4 Å². The minimum atomic E-state index is -1.29. The van der Waals surface area contributed by atoms with Gasteiger partial charge in [0, 0.05) is 35.1 Å². The number of carboxylic acids is 1. The van der Waals surface area contributed by atoms with Crippen molar-refractivity contribution in [3.63, 3.8) is 0 Å². The number of benzene rings is 2. The molecule has 0 aromatic heterocycles. The van der Waals surface area contributed by atoms with E-state index in [1.54, 1.807) is 42.5 Å². The van der Waals surface area contributed by atoms with Gasteiger partial charge in [0.15, 0.2) is 12.2 Å². The quantitative estimate of drug-likeness (QED) is 0.430. The third kappa shape index (κ3) is 6.71. The van der Waals surface area contributed by atoms with E-state index >= 15 is 0 Å². The van der Waals surface area contributed by atoms with Crippen molar-refractivity contribution in [3.05, 3.63) is 63.6 Å². The second-order valence-electron chi connectivity index (χ2n) is 8.76. The van der Waals surface area contributed by atoms with Crippen molar-refractivity contribution in [2.75, 3.05) is 19.9 Å². The second-order valence-corrected chi connectivity index (χ2v) is 9.57. The average molecular weight is 553 g/mol. The highest BCUT2D eigenvalue weighted by molar-refractivity contribution is 6.35. The van der Waals surface area contributed by atoms with Crippen molar-refractivity contribution < 1.29 is 38.8 Å². The van der Waals surface area contributed by atoms with Crippen molar-refractivity contribution in [1.29, 1.82) is 0 Å². The number of aliphatic hydroxyl groups is 1. The first-order chi connectivity index (χ1) is 17.7. The highest BCUT2D eigenvalue weighted by Crippen LogP contribution is 2.26. The van der Waals surface area contributed by atoms with Crippen molar-refractivity contribution in [1.82, 2.24) is 10.2 Å². The molecule has 0 radical (unpaired) electrons. The number of halogens is 2. The molecule has 10 nitrogen and oxygen atoms in total. The lowest BCUT2D eigenvalue weighted by Crippen LogP contribution is -2.52. The minimum absolute atomic E-state index is 0.0117. The maximum Gasteiger partial charge on any atom is 0.326 e. The topological polar surface area (TPSA) is 135 Å². The van der Waals surface area contributed by atoms with Gasteiger partial charge in [0.1, 0.15) is 25.2 Å². The predicted molar refractivity (Wildman–Crippen MR) is 132 cm³/mol. The van der Waals surface area contributed by atoms with Gasteiger partial charge in [-0.3, -0.25) is 9.59 Å². The fourth-order valence-electron chi connectivity index (χ4n) is 4.13. The average Bonchev–Trinajstić information content (AvgIpc) is 3.53. The molecule has 37 heavy (non-hydrogen) atoms. The molecule has 2 amide bonds. The molecule has 2 aliphatic heterocycles. The maximum atomic E-state index is 12.8. The van der Waals surface area contributed by atoms with E-state index in [1.165, 1.54) is 4.90 Å². The minimum Gasteiger partial charge on any atom is -0.489 e. The fourth-order valence-corrected chi connectivity index (χ4v) is 4.64. The van der Waals surface area contributed by atoms with Crippen LogP contribution >= 0.6 is 23.2 Å². The van der Waals surface area contributed by atoms with Crippen LogP contribution < -0.4 is 10.1 Å². The van der Waals surface area contributed by atoms with Crippen LogP contribution in [0.4, 0.5) is 0 Å². The first-order valence-electron chi connectivity index (χ1n) is 11.6. The normalized spacial score (nSPS) is 22.0. The van der Waals surface area contributed by atoms with Gasteiger partial charge in [-0.25, -0.2) is 4.79 Å². The number of β-amino-alcohol motifs (C(OH)–C–C–N with tert-alkyl or cyclic N) is 1. The summed E-state index contributed by atoms with van der Waals surface area (Å²) in [5, 5.41) is 22.8. The summed E-state index contributed by atoms with van der Waals surface area (Å²) in [5.74, 6) is -1.96. The number of nitrogens with one attached hydrogen (secondary N) is 1. The summed E-state index contributed by atoms with van der Waals surface area (Å²) in [4.78, 5) is 38.8. The van der Waals surface area contributed by atoms with Gasteiger partial charge < -0.3 is 34.6 Å². The number of aliphatic carboxylic acids is 1. The highest BCUT2D eigenvalue weighted by Gasteiger charge is 2.44. The molecule has 2 saturated heterocycles. The van der Waals surface area contributed by atoms with E-state index < -0.39 is 42.1 Å². The molecule has 4 atom stereocenters. The third-order valence-corrected chi connectivity index (χ3v) is 6.88. The summed E-state index contributed by atoms with van der Waals surface area (Å²) >= 11 is 12.3. The molecule has 198 valence electrons. The van der Waals surface area contributed by atoms with E-state index in [2.05, 4.69) is 5.32 Å². The Morgan fingerprint density at radius 2 is 1.76 bits per heavy atom. The summed E-state index contributed by atoms with van der Waals surface area (Å²) in [6.07, 6.45) is -2.69. The zero-order valence-electron chi connectivity index (χ0n) is 19.6. The Balaban J connectivity index is 1.34. The smallest absolute Gasteiger partial charge is 0.326 e. The number of rotatable bonds is 9. The Labute approximate surface area is 223 Å². The van der Waals surface area contributed by atoms with Gasteiger partial charge in [0.05, 0.1) is 6.10 Å². The molecule has 2 unspecified atom stereocenters. The van der Waals surface area contributed by atoms with Gasteiger partial charge in [-0.15, -0.1) is 0 Å². The third-order valence-electron chi connectivity index (χ3n) is 6.17. The summed E-state index contributed by atoms with van der Waals surface area (Å²) < 4.78 is 16.3. The van der Waals surface area contributed by atoms with Gasteiger partial charge in [-0.05, 0) is 36.2 Å². The molecule has 2 aromatic carbocycles. The molecular formula is C25H26Cl2N2O8. The first-order valence-corrected chi connectivity index (χ1v) is 12.4. The molecule has 2 aliphatic rings. The van der Waals surface area contributed by atoms with Crippen molar-refractivity contribution in [2.24, 2.45) is 0 Å². The van der Waals surface area contributed by atoms with Gasteiger partial charge >= 0.3 is 5.97 Å². The fraction of sp³-hybridized carbons (Fsp3) is 0.400. The molecule has 3 N–H and O–H groups in total. The number of hydrogen-bond donors (Lipinski definition) is 3. The van der Waals surface area contributed by atoms with Crippen molar-refractivity contribution in [3.8, 4) is 5.75 Å². The summed E-state index contributed by atoms with van der Waals surface area (Å²) in [6, 6.07) is 10.6. The van der Waals surface area contributed by atoms with Crippen LogP contribution in [0.5, 0.6) is 5.75 Å². The molecule has 4 rings (SSSR count). The molecule has 2 aromatic rings. The molecule has 0 bridgehead atoms. The van der Waals surface area contributed by atoms with Crippen LogP contribution in [0.25, 0.3) is 0 Å². The molecule has 12 heteroatoms. The Bertz CT molecular complexity index is 1130. The summed E-state index contributed by atoms with van der Waals surface area (Å²) in [5.41, 5.74) is 1.29. The lowest BCUT2D eigenvalue weighted by molar-refractivity contribution is -0.146. The Morgan fingerprint density at radius 1 is 1.08 bits per heavy atom. The lowest BCUT2D eigenvalue weighted by Gasteiger charge is -2.23. The van der Waals surface area contributed by atoms with Crippen LogP contribution in [0, 0.1) is 0 Å². The van der Waals surface area contributed by atoms with Gasteiger partial charge in [0.2, 0.25) is 0 Å². The van der Waals surface area contributed by atoms with Crippen LogP contribution in [0.15, 0.2) is 42.5 Å². The Hall–Kier alpha value is -2.89. The van der Waals surface area contributed by atoms with Crippen molar-refractivity contribution >= 4 is 41.0 Å². The lowest BCUT2D eigenvalue weighted by atomic mass is 10.0.